The summed E-state index contributed by atoms with van der Waals surface area (Å²) in [6.07, 6.45) is 36.3. The van der Waals surface area contributed by atoms with Gasteiger partial charge in [0.05, 0.1) is 39.0 Å². The first kappa shape index (κ1) is 44.8. The van der Waals surface area contributed by atoms with Gasteiger partial charge in [0.25, 0.3) is 0 Å². The van der Waals surface area contributed by atoms with E-state index >= 15 is 0 Å². The number of rotatable bonds is 34. The Balaban J connectivity index is 3.97. The predicted octanol–water partition coefficient (Wildman–Crippen LogP) is 10.1. The van der Waals surface area contributed by atoms with Crippen molar-refractivity contribution in [1.29, 1.82) is 0 Å². The van der Waals surface area contributed by atoms with E-state index < -0.39 is 5.92 Å². The fraction of sp³-hybridized carbons (Fsp3) is 0.750. The van der Waals surface area contributed by atoms with Crippen LogP contribution in [0.25, 0.3) is 0 Å². The lowest BCUT2D eigenvalue weighted by Gasteiger charge is -2.18. The molecule has 0 amide bonds. The van der Waals surface area contributed by atoms with Crippen LogP contribution >= 0.6 is 0 Å². The van der Waals surface area contributed by atoms with E-state index in [1.807, 2.05) is 0 Å². The van der Waals surface area contributed by atoms with Crippen LogP contribution in [0.4, 0.5) is 0 Å². The molecule has 0 aromatic carbocycles. The molecule has 0 radical (unpaired) electrons. The van der Waals surface area contributed by atoms with E-state index in [1.165, 1.54) is 38.5 Å². The maximum Gasteiger partial charge on any atom is 0.305 e. The minimum absolute atomic E-state index is 0.0394. The second-order valence-corrected chi connectivity index (χ2v) is 12.1. The Hall–Kier alpha value is -2.22. The van der Waals surface area contributed by atoms with Gasteiger partial charge in [0.15, 0.2) is 6.29 Å². The van der Waals surface area contributed by atoms with Crippen molar-refractivity contribution in [2.24, 2.45) is 5.92 Å². The van der Waals surface area contributed by atoms with Gasteiger partial charge in [-0.2, -0.15) is 0 Å². The highest BCUT2D eigenvalue weighted by Gasteiger charge is 2.15. The maximum atomic E-state index is 12.3. The van der Waals surface area contributed by atoms with Crippen LogP contribution in [-0.4, -0.2) is 56.4 Å². The molecule has 47 heavy (non-hydrogen) atoms. The smallest absolute Gasteiger partial charge is 0.305 e. The van der Waals surface area contributed by atoms with Crippen LogP contribution in [0, 0.1) is 5.92 Å². The largest absolute Gasteiger partial charge is 0.465 e. The quantitative estimate of drug-likeness (QED) is 0.0317. The molecule has 0 bridgehead atoms. The van der Waals surface area contributed by atoms with Crippen LogP contribution in [0.2, 0.25) is 0 Å². The van der Waals surface area contributed by atoms with Crippen molar-refractivity contribution in [1.82, 2.24) is 0 Å². The van der Waals surface area contributed by atoms with Gasteiger partial charge in [0.2, 0.25) is 0 Å². The van der Waals surface area contributed by atoms with Crippen LogP contribution in [-0.2, 0) is 28.5 Å². The van der Waals surface area contributed by atoms with Gasteiger partial charge in [-0.3, -0.25) is 9.59 Å². The number of ether oxygens (including phenoxy) is 4. The third-order valence-corrected chi connectivity index (χ3v) is 7.60. The molecule has 0 aliphatic rings. The molecule has 0 saturated heterocycles. The fourth-order valence-electron chi connectivity index (χ4n) is 4.70. The van der Waals surface area contributed by atoms with Gasteiger partial charge in [-0.15, -0.1) is 0 Å². The number of hydrogen-bond donors (Lipinski definition) is 1. The van der Waals surface area contributed by atoms with Gasteiger partial charge in [-0.05, 0) is 83.5 Å². The van der Waals surface area contributed by atoms with Crippen LogP contribution in [0.5, 0.6) is 0 Å². The first-order valence-corrected chi connectivity index (χ1v) is 18.8. The Kier molecular flexibility index (Phi) is 34.9. The van der Waals surface area contributed by atoms with Gasteiger partial charge < -0.3 is 24.1 Å². The van der Waals surface area contributed by atoms with Gasteiger partial charge in [-0.25, -0.2) is 0 Å². The molecule has 1 N–H and O–H groups in total. The number of hydrogen-bond acceptors (Lipinski definition) is 7. The molecule has 0 spiro atoms. The molecule has 272 valence electrons. The first-order chi connectivity index (χ1) is 23.1. The summed E-state index contributed by atoms with van der Waals surface area (Å²) in [6.45, 7) is 7.55. The Bertz CT molecular complexity index is 797. The molecule has 0 saturated carbocycles. The minimum atomic E-state index is -0.415. The van der Waals surface area contributed by atoms with Crippen LogP contribution in [0.3, 0.4) is 0 Å². The Labute approximate surface area is 288 Å². The lowest BCUT2D eigenvalue weighted by Crippen LogP contribution is -2.23. The zero-order valence-corrected chi connectivity index (χ0v) is 30.3. The first-order valence-electron chi connectivity index (χ1n) is 18.8. The molecule has 1 atom stereocenters. The Morgan fingerprint density at radius 2 is 1.06 bits per heavy atom. The average Bonchev–Trinajstić information content (AvgIpc) is 3.07. The molecule has 0 aromatic heterocycles. The summed E-state index contributed by atoms with van der Waals surface area (Å²) in [5.41, 5.74) is 0. The van der Waals surface area contributed by atoms with Gasteiger partial charge >= 0.3 is 11.9 Å². The van der Waals surface area contributed by atoms with E-state index in [-0.39, 0.29) is 44.5 Å². The molecule has 1 unspecified atom stereocenters. The van der Waals surface area contributed by atoms with Crippen LogP contribution in [0.15, 0.2) is 48.6 Å². The molecule has 7 heteroatoms. The zero-order valence-electron chi connectivity index (χ0n) is 30.3. The summed E-state index contributed by atoms with van der Waals surface area (Å²) in [4.78, 5) is 24.4. The third-order valence-electron chi connectivity index (χ3n) is 7.60. The molecule has 0 rings (SSSR count). The van der Waals surface area contributed by atoms with E-state index in [4.69, 9.17) is 18.9 Å². The molecule has 7 nitrogen and oxygen atoms in total. The molecule has 0 aliphatic heterocycles. The molecule has 0 aliphatic carbocycles. The second kappa shape index (κ2) is 36.6. The highest BCUT2D eigenvalue weighted by Crippen LogP contribution is 2.12. The number of unbranched alkanes of at least 4 members (excludes halogenated alkanes) is 9. The van der Waals surface area contributed by atoms with E-state index in [9.17, 15) is 14.7 Å². The number of carbonyl (C=O) groups excluding carboxylic acids is 2. The lowest BCUT2D eigenvalue weighted by molar-refractivity contribution is -0.151. The Morgan fingerprint density at radius 3 is 1.60 bits per heavy atom. The summed E-state index contributed by atoms with van der Waals surface area (Å²) in [6, 6.07) is 0. The summed E-state index contributed by atoms with van der Waals surface area (Å²) in [5.74, 6) is -0.989. The number of carbonyl (C=O) groups is 2. The van der Waals surface area contributed by atoms with Gasteiger partial charge in [-0.1, -0.05) is 101 Å². The fourth-order valence-corrected chi connectivity index (χ4v) is 4.70. The molecule has 0 fully saturated rings. The van der Waals surface area contributed by atoms with Crippen molar-refractivity contribution in [3.05, 3.63) is 48.6 Å². The molecule has 0 heterocycles. The number of esters is 2. The van der Waals surface area contributed by atoms with Gasteiger partial charge in [0.1, 0.15) is 0 Å². The number of allylic oxidation sites excluding steroid dienone is 6. The maximum absolute atomic E-state index is 12.3. The topological polar surface area (TPSA) is 91.3 Å². The van der Waals surface area contributed by atoms with Crippen LogP contribution < -0.4 is 0 Å². The highest BCUT2D eigenvalue weighted by molar-refractivity contribution is 5.69. The lowest BCUT2D eigenvalue weighted by atomic mass is 10.1. The standard InChI is InChI=1S/C40H70O7/c1-4-7-10-13-14-15-16-17-18-19-20-21-22-23-24-29-38(42)46-35-37(34-41)36-47-39(43)30-25-26-31-40(44-32-27-11-8-5-2)45-33-28-12-9-6-3/h8-9,11-12,14-15,17-18,37,40-41H,4-7,10,13,16,19-36H2,1-3H3/b11-8-,12-9-,15-14-,18-17-. The van der Waals surface area contributed by atoms with E-state index in [0.717, 1.165) is 64.2 Å². The van der Waals surface area contributed by atoms with E-state index in [0.29, 0.717) is 32.5 Å². The van der Waals surface area contributed by atoms with Crippen molar-refractivity contribution >= 4 is 11.9 Å². The van der Waals surface area contributed by atoms with Crippen molar-refractivity contribution in [2.75, 3.05) is 33.0 Å². The Morgan fingerprint density at radius 1 is 0.574 bits per heavy atom. The van der Waals surface area contributed by atoms with Crippen molar-refractivity contribution in [2.45, 2.75) is 155 Å². The van der Waals surface area contributed by atoms with Crippen LogP contribution in [0.1, 0.15) is 149 Å². The number of aliphatic hydroxyl groups excluding tert-OH is 1. The molecule has 0 aromatic rings. The monoisotopic (exact) mass is 663 g/mol. The third kappa shape index (κ3) is 33.5. The molecular formula is C40H70O7. The van der Waals surface area contributed by atoms with Crippen molar-refractivity contribution < 1.29 is 33.6 Å². The van der Waals surface area contributed by atoms with E-state index in [2.05, 4.69) is 69.4 Å². The predicted molar refractivity (Wildman–Crippen MR) is 194 cm³/mol. The van der Waals surface area contributed by atoms with Crippen molar-refractivity contribution in [3.63, 3.8) is 0 Å². The summed E-state index contributed by atoms with van der Waals surface area (Å²) in [7, 11) is 0. The van der Waals surface area contributed by atoms with Gasteiger partial charge in [0, 0.05) is 12.8 Å². The second-order valence-electron chi connectivity index (χ2n) is 12.1. The number of aliphatic hydroxyl groups is 1. The normalized spacial score (nSPS) is 12.8. The summed E-state index contributed by atoms with van der Waals surface area (Å²) < 4.78 is 22.6. The average molecular weight is 663 g/mol. The summed E-state index contributed by atoms with van der Waals surface area (Å²) >= 11 is 0. The minimum Gasteiger partial charge on any atom is -0.465 e. The van der Waals surface area contributed by atoms with Crippen molar-refractivity contribution in [3.8, 4) is 0 Å². The summed E-state index contributed by atoms with van der Waals surface area (Å²) in [5, 5.41) is 9.65. The molecular weight excluding hydrogens is 592 g/mol. The van der Waals surface area contributed by atoms with E-state index in [1.54, 1.807) is 0 Å². The SMILES string of the molecule is CC/C=C\CCOC(CCCCC(=O)OCC(CO)COC(=O)CCCCCCC/C=C\C/C=C\CCCCC)OCC/C=C\CC. The highest BCUT2D eigenvalue weighted by atomic mass is 16.7. The zero-order chi connectivity index (χ0) is 34.5.